The minimum Gasteiger partial charge on any atom is -0.363 e. The molecule has 5 nitrogen and oxygen atoms in total. The van der Waals surface area contributed by atoms with E-state index in [1.165, 1.54) is 9.88 Å². The number of sulfonamides is 1. The summed E-state index contributed by atoms with van der Waals surface area (Å²) in [6.45, 7) is 6.78. The van der Waals surface area contributed by atoms with Crippen LogP contribution in [0.4, 0.5) is 0 Å². The third kappa shape index (κ3) is 3.50. The standard InChI is InChI=1S/C14H23N3O2S/c1-3-6-15-10-13-9-14(11-16-13)20(18,19)17-7-4-12(2)5-8-17/h4,9,11,15-16H,3,5-8,10H2,1-2H3. The van der Waals surface area contributed by atoms with Crippen molar-refractivity contribution in [2.75, 3.05) is 19.6 Å². The van der Waals surface area contributed by atoms with E-state index in [1.54, 1.807) is 12.3 Å². The van der Waals surface area contributed by atoms with Gasteiger partial charge in [0.2, 0.25) is 10.0 Å². The lowest BCUT2D eigenvalue weighted by Gasteiger charge is -2.24. The van der Waals surface area contributed by atoms with E-state index in [-0.39, 0.29) is 0 Å². The first kappa shape index (κ1) is 15.3. The van der Waals surface area contributed by atoms with Crippen molar-refractivity contribution in [3.05, 3.63) is 29.6 Å². The van der Waals surface area contributed by atoms with E-state index in [4.69, 9.17) is 0 Å². The van der Waals surface area contributed by atoms with Gasteiger partial charge in [0.1, 0.15) is 0 Å². The maximum absolute atomic E-state index is 12.5. The Balaban J connectivity index is 2.06. The van der Waals surface area contributed by atoms with Crippen molar-refractivity contribution >= 4 is 10.0 Å². The molecule has 6 heteroatoms. The summed E-state index contributed by atoms with van der Waals surface area (Å²) in [4.78, 5) is 3.39. The van der Waals surface area contributed by atoms with Gasteiger partial charge >= 0.3 is 0 Å². The van der Waals surface area contributed by atoms with Crippen molar-refractivity contribution < 1.29 is 8.42 Å². The van der Waals surface area contributed by atoms with Gasteiger partial charge in [0.05, 0.1) is 4.90 Å². The summed E-state index contributed by atoms with van der Waals surface area (Å²) < 4.78 is 26.5. The average molecular weight is 297 g/mol. The molecule has 1 aromatic heterocycles. The fourth-order valence-corrected chi connectivity index (χ4v) is 3.59. The van der Waals surface area contributed by atoms with Crippen LogP contribution in [-0.2, 0) is 16.6 Å². The maximum Gasteiger partial charge on any atom is 0.244 e. The molecular formula is C14H23N3O2S. The van der Waals surface area contributed by atoms with Gasteiger partial charge in [-0.05, 0) is 32.4 Å². The molecule has 0 fully saturated rings. The molecule has 0 atom stereocenters. The van der Waals surface area contributed by atoms with Crippen LogP contribution in [0.5, 0.6) is 0 Å². The molecule has 0 unspecified atom stereocenters. The Kier molecular flexibility index (Phi) is 5.01. The van der Waals surface area contributed by atoms with E-state index in [9.17, 15) is 8.42 Å². The van der Waals surface area contributed by atoms with E-state index < -0.39 is 10.0 Å². The summed E-state index contributed by atoms with van der Waals surface area (Å²) in [6.07, 6.45) is 5.45. The van der Waals surface area contributed by atoms with Crippen molar-refractivity contribution in [1.82, 2.24) is 14.6 Å². The summed E-state index contributed by atoms with van der Waals surface area (Å²) in [5, 5.41) is 3.25. The van der Waals surface area contributed by atoms with Crippen molar-refractivity contribution in [3.8, 4) is 0 Å². The minimum atomic E-state index is -3.37. The summed E-state index contributed by atoms with van der Waals surface area (Å²) >= 11 is 0. The van der Waals surface area contributed by atoms with E-state index in [0.29, 0.717) is 24.5 Å². The van der Waals surface area contributed by atoms with Crippen molar-refractivity contribution in [2.24, 2.45) is 0 Å². The molecule has 1 aromatic rings. The molecule has 0 aliphatic carbocycles. The molecule has 0 saturated heterocycles. The number of nitrogens with one attached hydrogen (secondary N) is 2. The van der Waals surface area contributed by atoms with Gasteiger partial charge in [-0.25, -0.2) is 8.42 Å². The van der Waals surface area contributed by atoms with Crippen LogP contribution < -0.4 is 5.32 Å². The van der Waals surface area contributed by atoms with Gasteiger partial charge < -0.3 is 10.3 Å². The molecule has 112 valence electrons. The SMILES string of the molecule is CCCNCc1cc(S(=O)(=O)N2CC=C(C)CC2)c[nH]1. The Hall–Kier alpha value is -1.11. The van der Waals surface area contributed by atoms with Gasteiger partial charge in [0.15, 0.2) is 0 Å². The molecule has 1 aliphatic heterocycles. The molecular weight excluding hydrogens is 274 g/mol. The second-order valence-electron chi connectivity index (χ2n) is 5.20. The van der Waals surface area contributed by atoms with Gasteiger partial charge in [-0.3, -0.25) is 0 Å². The van der Waals surface area contributed by atoms with E-state index in [0.717, 1.165) is 25.1 Å². The van der Waals surface area contributed by atoms with E-state index >= 15 is 0 Å². The fourth-order valence-electron chi connectivity index (χ4n) is 2.19. The summed E-state index contributed by atoms with van der Waals surface area (Å²) in [7, 11) is -3.37. The first-order valence-electron chi connectivity index (χ1n) is 7.08. The van der Waals surface area contributed by atoms with Crippen LogP contribution in [-0.4, -0.2) is 37.3 Å². The molecule has 0 spiro atoms. The second kappa shape index (κ2) is 6.56. The Bertz CT molecular complexity index is 575. The highest BCUT2D eigenvalue weighted by Crippen LogP contribution is 2.20. The van der Waals surface area contributed by atoms with Crippen LogP contribution in [0.25, 0.3) is 0 Å². The van der Waals surface area contributed by atoms with Crippen molar-refractivity contribution in [1.29, 1.82) is 0 Å². The number of aromatic amines is 1. The van der Waals surface area contributed by atoms with Crippen LogP contribution in [0.2, 0.25) is 0 Å². The van der Waals surface area contributed by atoms with Crippen LogP contribution in [0.15, 0.2) is 28.8 Å². The largest absolute Gasteiger partial charge is 0.363 e. The number of aromatic nitrogens is 1. The molecule has 0 aromatic carbocycles. The summed E-state index contributed by atoms with van der Waals surface area (Å²) in [6, 6.07) is 1.73. The lowest BCUT2D eigenvalue weighted by atomic mass is 10.1. The summed E-state index contributed by atoms with van der Waals surface area (Å²) in [5.74, 6) is 0. The van der Waals surface area contributed by atoms with E-state index in [1.807, 2.05) is 13.0 Å². The highest BCUT2D eigenvalue weighted by molar-refractivity contribution is 7.89. The lowest BCUT2D eigenvalue weighted by molar-refractivity contribution is 0.431. The highest BCUT2D eigenvalue weighted by atomic mass is 32.2. The van der Waals surface area contributed by atoms with Gasteiger partial charge in [-0.2, -0.15) is 4.31 Å². The Morgan fingerprint density at radius 2 is 2.25 bits per heavy atom. The van der Waals surface area contributed by atoms with Gasteiger partial charge in [-0.15, -0.1) is 0 Å². The third-order valence-electron chi connectivity index (χ3n) is 3.50. The number of rotatable bonds is 6. The molecule has 1 aliphatic rings. The average Bonchev–Trinajstić information content (AvgIpc) is 2.89. The molecule has 0 saturated carbocycles. The number of H-pyrrole nitrogens is 1. The Morgan fingerprint density at radius 3 is 2.90 bits per heavy atom. The van der Waals surface area contributed by atoms with Crippen LogP contribution >= 0.6 is 0 Å². The van der Waals surface area contributed by atoms with Gasteiger partial charge in [0.25, 0.3) is 0 Å². The number of hydrogen-bond donors (Lipinski definition) is 2. The monoisotopic (exact) mass is 297 g/mol. The Morgan fingerprint density at radius 1 is 1.45 bits per heavy atom. The summed E-state index contributed by atoms with van der Waals surface area (Å²) in [5.41, 5.74) is 2.16. The molecule has 2 N–H and O–H groups in total. The zero-order valence-electron chi connectivity index (χ0n) is 12.1. The molecule has 20 heavy (non-hydrogen) atoms. The normalized spacial score (nSPS) is 17.2. The molecule has 2 rings (SSSR count). The topological polar surface area (TPSA) is 65.2 Å². The zero-order valence-corrected chi connectivity index (χ0v) is 13.0. The van der Waals surface area contributed by atoms with Gasteiger partial charge in [0, 0.05) is 31.5 Å². The number of hydrogen-bond acceptors (Lipinski definition) is 3. The Labute approximate surface area is 121 Å². The lowest BCUT2D eigenvalue weighted by Crippen LogP contribution is -2.34. The van der Waals surface area contributed by atoms with Crippen LogP contribution in [0, 0.1) is 0 Å². The number of nitrogens with zero attached hydrogens (tertiary/aromatic N) is 1. The van der Waals surface area contributed by atoms with E-state index in [2.05, 4.69) is 17.2 Å². The molecule has 0 amide bonds. The molecule has 0 radical (unpaired) electrons. The van der Waals surface area contributed by atoms with Crippen LogP contribution in [0.3, 0.4) is 0 Å². The first-order valence-corrected chi connectivity index (χ1v) is 8.52. The predicted octanol–water partition coefficient (Wildman–Crippen LogP) is 1.85. The first-order chi connectivity index (χ1) is 9.54. The van der Waals surface area contributed by atoms with Crippen molar-refractivity contribution in [2.45, 2.75) is 38.1 Å². The zero-order chi connectivity index (χ0) is 14.6. The minimum absolute atomic E-state index is 0.360. The van der Waals surface area contributed by atoms with Gasteiger partial charge in [-0.1, -0.05) is 18.6 Å². The predicted molar refractivity (Wildman–Crippen MR) is 79.9 cm³/mol. The second-order valence-corrected chi connectivity index (χ2v) is 7.14. The smallest absolute Gasteiger partial charge is 0.244 e. The fraction of sp³-hybridized carbons (Fsp3) is 0.571. The third-order valence-corrected chi connectivity index (χ3v) is 5.34. The van der Waals surface area contributed by atoms with Crippen molar-refractivity contribution in [3.63, 3.8) is 0 Å². The molecule has 2 heterocycles. The van der Waals surface area contributed by atoms with Crippen LogP contribution in [0.1, 0.15) is 32.4 Å². The molecule has 0 bridgehead atoms. The maximum atomic E-state index is 12.5. The highest BCUT2D eigenvalue weighted by Gasteiger charge is 2.26. The quantitative estimate of drug-likeness (QED) is 0.622.